The summed E-state index contributed by atoms with van der Waals surface area (Å²) in [7, 11) is -3.68. The number of nitrogens with zero attached hydrogens (tertiary/aromatic N) is 3. The summed E-state index contributed by atoms with van der Waals surface area (Å²) >= 11 is 0. The molecule has 0 aliphatic carbocycles. The molecule has 1 aliphatic heterocycles. The summed E-state index contributed by atoms with van der Waals surface area (Å²) in [6.07, 6.45) is 1.56. The molecule has 1 saturated heterocycles. The third-order valence-electron chi connectivity index (χ3n) is 5.94. The molecule has 1 aliphatic rings. The molecule has 0 aromatic heterocycles. The van der Waals surface area contributed by atoms with Crippen LogP contribution in [0.3, 0.4) is 0 Å². The average molecular weight is 507 g/mol. The first-order valence-electron chi connectivity index (χ1n) is 11.9. The molecule has 0 unspecified atom stereocenters. The van der Waals surface area contributed by atoms with Gasteiger partial charge in [0.1, 0.15) is 0 Å². The van der Waals surface area contributed by atoms with Gasteiger partial charge in [-0.25, -0.2) is 13.8 Å². The average Bonchev–Trinajstić information content (AvgIpc) is 2.93. The lowest BCUT2D eigenvalue weighted by atomic mass is 10.1. The highest BCUT2D eigenvalue weighted by atomic mass is 32.2. The van der Waals surface area contributed by atoms with Crippen molar-refractivity contribution in [3.8, 4) is 0 Å². The zero-order valence-corrected chi connectivity index (χ0v) is 21.0. The van der Waals surface area contributed by atoms with Gasteiger partial charge >= 0.3 is 0 Å². The van der Waals surface area contributed by atoms with E-state index in [0.29, 0.717) is 26.3 Å². The van der Waals surface area contributed by atoms with Crippen LogP contribution >= 0.6 is 0 Å². The van der Waals surface area contributed by atoms with Gasteiger partial charge in [0.2, 0.25) is 10.0 Å². The molecule has 0 saturated carbocycles. The van der Waals surface area contributed by atoms with E-state index in [2.05, 4.69) is 34.5 Å². The number of hydrogen-bond donors (Lipinski definition) is 1. The highest BCUT2D eigenvalue weighted by molar-refractivity contribution is 7.89. The molecule has 4 rings (SSSR count). The smallest absolute Gasteiger partial charge is 0.271 e. The van der Waals surface area contributed by atoms with E-state index in [1.807, 2.05) is 42.5 Å². The second kappa shape index (κ2) is 11.9. The van der Waals surface area contributed by atoms with Gasteiger partial charge in [0.05, 0.1) is 24.3 Å². The fourth-order valence-electron chi connectivity index (χ4n) is 3.92. The first-order valence-corrected chi connectivity index (χ1v) is 13.3. The Balaban J connectivity index is 1.37. The third kappa shape index (κ3) is 6.37. The first kappa shape index (κ1) is 25.6. The second-order valence-electron chi connectivity index (χ2n) is 8.33. The van der Waals surface area contributed by atoms with Gasteiger partial charge in [-0.15, -0.1) is 0 Å². The maximum Gasteiger partial charge on any atom is 0.271 e. The van der Waals surface area contributed by atoms with Gasteiger partial charge in [-0.05, 0) is 48.4 Å². The molecule has 3 aromatic carbocycles. The zero-order valence-electron chi connectivity index (χ0n) is 20.2. The number of nitrogens with one attached hydrogen (secondary N) is 1. The topological polar surface area (TPSA) is 91.3 Å². The molecule has 1 heterocycles. The molecule has 0 radical (unpaired) electrons. The van der Waals surface area contributed by atoms with Crippen molar-refractivity contribution in [1.82, 2.24) is 9.73 Å². The summed E-state index contributed by atoms with van der Waals surface area (Å²) in [5.41, 5.74) is 5.87. The lowest BCUT2D eigenvalue weighted by Gasteiger charge is -2.26. The molecule has 0 spiro atoms. The lowest BCUT2D eigenvalue weighted by molar-refractivity contribution is 0.0730. The van der Waals surface area contributed by atoms with Gasteiger partial charge in [-0.1, -0.05) is 48.5 Å². The molecule has 0 bridgehead atoms. The maximum absolute atomic E-state index is 12.9. The minimum atomic E-state index is -3.68. The SMILES string of the molecule is CCN(Cc1ccccc1)c1ccc(C=NNC(=O)c2cccc(S(=O)(=O)N3CCOCC3)c2)cc1. The molecular weight excluding hydrogens is 476 g/mol. The third-order valence-corrected chi connectivity index (χ3v) is 7.83. The van der Waals surface area contributed by atoms with Crippen LogP contribution in [0.15, 0.2) is 88.9 Å². The molecule has 0 atom stereocenters. The van der Waals surface area contributed by atoms with E-state index in [-0.39, 0.29) is 10.5 Å². The van der Waals surface area contributed by atoms with E-state index in [1.54, 1.807) is 18.3 Å². The lowest BCUT2D eigenvalue weighted by Crippen LogP contribution is -2.40. The number of benzene rings is 3. The Labute approximate surface area is 212 Å². The predicted octanol–water partition coefficient (Wildman–Crippen LogP) is 3.50. The number of ether oxygens (including phenoxy) is 1. The van der Waals surface area contributed by atoms with Gasteiger partial charge in [-0.2, -0.15) is 9.41 Å². The van der Waals surface area contributed by atoms with E-state index in [9.17, 15) is 13.2 Å². The number of amides is 1. The van der Waals surface area contributed by atoms with E-state index >= 15 is 0 Å². The molecule has 8 nitrogen and oxygen atoms in total. The Kier molecular flexibility index (Phi) is 8.48. The van der Waals surface area contributed by atoms with Gasteiger partial charge < -0.3 is 9.64 Å². The maximum atomic E-state index is 12.9. The molecule has 1 fully saturated rings. The molecule has 188 valence electrons. The van der Waals surface area contributed by atoms with E-state index in [4.69, 9.17) is 4.74 Å². The van der Waals surface area contributed by atoms with Crippen LogP contribution in [0.25, 0.3) is 0 Å². The summed E-state index contributed by atoms with van der Waals surface area (Å²) in [4.78, 5) is 14.9. The quantitative estimate of drug-likeness (QED) is 0.354. The number of rotatable bonds is 9. The van der Waals surface area contributed by atoms with Crippen LogP contribution in [0.5, 0.6) is 0 Å². The summed E-state index contributed by atoms with van der Waals surface area (Å²) in [5.74, 6) is -0.484. The van der Waals surface area contributed by atoms with Crippen LogP contribution < -0.4 is 10.3 Å². The van der Waals surface area contributed by atoms with Crippen LogP contribution in [0.4, 0.5) is 5.69 Å². The number of morpholine rings is 1. The molecule has 36 heavy (non-hydrogen) atoms. The standard InChI is InChI=1S/C27H30N4O4S/c1-2-30(21-23-7-4-3-5-8-23)25-13-11-22(12-14-25)20-28-29-27(32)24-9-6-10-26(19-24)36(33,34)31-15-17-35-18-16-31/h3-14,19-20H,2,15-18,21H2,1H3,(H,29,32). The second-order valence-corrected chi connectivity index (χ2v) is 10.3. The molecule has 1 amide bonds. The van der Waals surface area contributed by atoms with Gasteiger partial charge in [0, 0.05) is 37.4 Å². The van der Waals surface area contributed by atoms with Crippen molar-refractivity contribution in [2.45, 2.75) is 18.4 Å². The highest BCUT2D eigenvalue weighted by Crippen LogP contribution is 2.19. The Morgan fingerprint density at radius 3 is 2.44 bits per heavy atom. The number of carbonyl (C=O) groups is 1. The number of hydrazone groups is 1. The normalized spacial score (nSPS) is 14.6. The van der Waals surface area contributed by atoms with Crippen molar-refractivity contribution in [2.75, 3.05) is 37.7 Å². The van der Waals surface area contributed by atoms with Gasteiger partial charge in [0.15, 0.2) is 0 Å². The van der Waals surface area contributed by atoms with Crippen molar-refractivity contribution in [3.63, 3.8) is 0 Å². The fourth-order valence-corrected chi connectivity index (χ4v) is 5.38. The van der Waals surface area contributed by atoms with Crippen molar-refractivity contribution in [3.05, 3.63) is 95.6 Å². The van der Waals surface area contributed by atoms with Crippen molar-refractivity contribution in [1.29, 1.82) is 0 Å². The summed E-state index contributed by atoms with van der Waals surface area (Å²) in [6, 6.07) is 24.2. The molecule has 3 aromatic rings. The Hall–Kier alpha value is -3.53. The largest absolute Gasteiger partial charge is 0.379 e. The molecular formula is C27H30N4O4S. The fraction of sp³-hybridized carbons (Fsp3) is 0.259. The Morgan fingerprint density at radius 1 is 1.03 bits per heavy atom. The van der Waals surface area contributed by atoms with Crippen LogP contribution in [0.2, 0.25) is 0 Å². The Bertz CT molecular complexity index is 1290. The number of hydrogen-bond acceptors (Lipinski definition) is 6. The van der Waals surface area contributed by atoms with Crippen molar-refractivity contribution in [2.24, 2.45) is 5.10 Å². The van der Waals surface area contributed by atoms with Crippen LogP contribution in [0, 0.1) is 0 Å². The highest BCUT2D eigenvalue weighted by Gasteiger charge is 2.26. The summed E-state index contributed by atoms with van der Waals surface area (Å²) in [6.45, 7) is 5.13. The molecule has 1 N–H and O–H groups in total. The summed E-state index contributed by atoms with van der Waals surface area (Å²) in [5, 5.41) is 4.05. The van der Waals surface area contributed by atoms with E-state index in [1.165, 1.54) is 22.0 Å². The first-order chi connectivity index (χ1) is 17.5. The zero-order chi connectivity index (χ0) is 25.4. The van der Waals surface area contributed by atoms with Crippen molar-refractivity contribution < 1.29 is 17.9 Å². The summed E-state index contributed by atoms with van der Waals surface area (Å²) < 4.78 is 32.3. The minimum Gasteiger partial charge on any atom is -0.379 e. The van der Waals surface area contributed by atoms with Crippen LogP contribution in [0.1, 0.15) is 28.4 Å². The minimum absolute atomic E-state index is 0.0765. The number of carbonyl (C=O) groups excluding carboxylic acids is 1. The monoisotopic (exact) mass is 506 g/mol. The van der Waals surface area contributed by atoms with E-state index < -0.39 is 15.9 Å². The van der Waals surface area contributed by atoms with Gasteiger partial charge in [0.25, 0.3) is 5.91 Å². The number of sulfonamides is 1. The van der Waals surface area contributed by atoms with Gasteiger partial charge in [-0.3, -0.25) is 4.79 Å². The molecule has 9 heteroatoms. The number of anilines is 1. The van der Waals surface area contributed by atoms with Crippen LogP contribution in [-0.4, -0.2) is 57.7 Å². The predicted molar refractivity (Wildman–Crippen MR) is 141 cm³/mol. The van der Waals surface area contributed by atoms with E-state index in [0.717, 1.165) is 24.3 Å². The van der Waals surface area contributed by atoms with Crippen molar-refractivity contribution >= 4 is 27.8 Å². The van der Waals surface area contributed by atoms with Crippen LogP contribution in [-0.2, 0) is 21.3 Å². The Morgan fingerprint density at radius 2 is 1.75 bits per heavy atom.